The molecule has 0 saturated carbocycles. The van der Waals surface area contributed by atoms with Crippen molar-refractivity contribution in [3.63, 3.8) is 0 Å². The molecule has 2 aliphatic rings. The molecule has 174 valence electrons. The lowest BCUT2D eigenvalue weighted by atomic mass is 9.89. The van der Waals surface area contributed by atoms with Crippen LogP contribution in [0.15, 0.2) is 66.7 Å². The second-order valence-corrected chi connectivity index (χ2v) is 9.28. The van der Waals surface area contributed by atoms with Crippen molar-refractivity contribution in [2.75, 3.05) is 13.7 Å². The summed E-state index contributed by atoms with van der Waals surface area (Å²) >= 11 is 0. The Bertz CT molecular complexity index is 1190. The Hall–Kier alpha value is -3.60. The standard InChI is InChI=1S/C29H29NO4/c1-30(27(28(31)32)17-19-14-15-20-8-2-3-9-21(20)16-19)29(33)34-18-26-24-12-6-4-10-22(24)23-11-5-7-13-25(23)26/h4-7,10-16,26-27H,2-3,8-9,17-18H2,1H3,(H,31,32)/t27-/m0/s1. The van der Waals surface area contributed by atoms with E-state index < -0.39 is 18.1 Å². The molecule has 0 aliphatic heterocycles. The number of likely N-dealkylation sites (N-methyl/N-ethyl adjacent to an activating group) is 1. The van der Waals surface area contributed by atoms with E-state index in [0.29, 0.717) is 0 Å². The van der Waals surface area contributed by atoms with Crippen molar-refractivity contribution in [2.24, 2.45) is 0 Å². The second-order valence-electron chi connectivity index (χ2n) is 9.28. The van der Waals surface area contributed by atoms with Crippen LogP contribution in [0.2, 0.25) is 0 Å². The molecule has 3 aromatic rings. The number of nitrogens with zero attached hydrogens (tertiary/aromatic N) is 1. The average Bonchev–Trinajstić information content (AvgIpc) is 3.19. The third-order valence-corrected chi connectivity index (χ3v) is 7.22. The first kappa shape index (κ1) is 22.2. The van der Waals surface area contributed by atoms with Crippen LogP contribution in [0, 0.1) is 0 Å². The molecule has 0 heterocycles. The zero-order chi connectivity index (χ0) is 23.7. The highest BCUT2D eigenvalue weighted by Gasteiger charge is 2.32. The second kappa shape index (κ2) is 9.34. The van der Waals surface area contributed by atoms with Crippen molar-refractivity contribution in [1.82, 2.24) is 4.90 Å². The van der Waals surface area contributed by atoms with Crippen LogP contribution in [0.1, 0.15) is 46.6 Å². The third-order valence-electron chi connectivity index (χ3n) is 7.22. The van der Waals surface area contributed by atoms with Gasteiger partial charge in [0, 0.05) is 19.4 Å². The largest absolute Gasteiger partial charge is 0.480 e. The number of aryl methyl sites for hydroxylation is 2. The van der Waals surface area contributed by atoms with Crippen molar-refractivity contribution < 1.29 is 19.4 Å². The van der Waals surface area contributed by atoms with Crippen LogP contribution in [0.25, 0.3) is 11.1 Å². The first-order valence-electron chi connectivity index (χ1n) is 11.9. The van der Waals surface area contributed by atoms with Gasteiger partial charge in [0.1, 0.15) is 12.6 Å². The number of rotatable bonds is 6. The number of carbonyl (C=O) groups excluding carboxylic acids is 1. The lowest BCUT2D eigenvalue weighted by molar-refractivity contribution is -0.142. The molecule has 5 rings (SSSR count). The number of benzene rings is 3. The molecule has 5 heteroatoms. The predicted octanol–water partition coefficient (Wildman–Crippen LogP) is 5.44. The maximum atomic E-state index is 12.9. The summed E-state index contributed by atoms with van der Waals surface area (Å²) < 4.78 is 5.68. The lowest BCUT2D eigenvalue weighted by Crippen LogP contribution is -2.44. The van der Waals surface area contributed by atoms with Crippen LogP contribution in [-0.4, -0.2) is 41.8 Å². The molecular formula is C29H29NO4. The van der Waals surface area contributed by atoms with Crippen molar-refractivity contribution in [2.45, 2.75) is 44.1 Å². The average molecular weight is 456 g/mol. The normalized spacial score (nSPS) is 15.1. The van der Waals surface area contributed by atoms with Crippen LogP contribution in [0.3, 0.4) is 0 Å². The maximum absolute atomic E-state index is 12.9. The number of carboxylic acid groups (broad SMARTS) is 1. The predicted molar refractivity (Wildman–Crippen MR) is 131 cm³/mol. The topological polar surface area (TPSA) is 66.8 Å². The van der Waals surface area contributed by atoms with Crippen LogP contribution < -0.4 is 0 Å². The minimum atomic E-state index is -1.03. The van der Waals surface area contributed by atoms with E-state index >= 15 is 0 Å². The summed E-state index contributed by atoms with van der Waals surface area (Å²) in [4.78, 5) is 26.2. The molecule has 0 unspecified atom stereocenters. The highest BCUT2D eigenvalue weighted by molar-refractivity contribution is 5.81. The summed E-state index contributed by atoms with van der Waals surface area (Å²) in [5.74, 6) is -1.09. The summed E-state index contributed by atoms with van der Waals surface area (Å²) in [7, 11) is 1.51. The molecule has 2 aliphatic carbocycles. The van der Waals surface area contributed by atoms with Gasteiger partial charge in [0.15, 0.2) is 0 Å². The van der Waals surface area contributed by atoms with Gasteiger partial charge in [-0.25, -0.2) is 9.59 Å². The Morgan fingerprint density at radius 3 is 2.21 bits per heavy atom. The highest BCUT2D eigenvalue weighted by atomic mass is 16.6. The number of carboxylic acids is 1. The Balaban J connectivity index is 1.29. The molecule has 0 fully saturated rings. The zero-order valence-corrected chi connectivity index (χ0v) is 19.4. The first-order valence-corrected chi connectivity index (χ1v) is 11.9. The lowest BCUT2D eigenvalue weighted by Gasteiger charge is -2.26. The number of ether oxygens (including phenoxy) is 1. The number of carbonyl (C=O) groups is 2. The summed E-state index contributed by atoms with van der Waals surface area (Å²) in [6.07, 6.45) is 4.11. The quantitative estimate of drug-likeness (QED) is 0.537. The van der Waals surface area contributed by atoms with Gasteiger partial charge in [-0.05, 0) is 64.6 Å². The number of fused-ring (bicyclic) bond motifs is 4. The van der Waals surface area contributed by atoms with E-state index in [-0.39, 0.29) is 18.9 Å². The number of aliphatic carboxylic acids is 1. The van der Waals surface area contributed by atoms with Gasteiger partial charge in [0.05, 0.1) is 0 Å². The third kappa shape index (κ3) is 4.18. The van der Waals surface area contributed by atoms with Crippen molar-refractivity contribution in [3.8, 4) is 11.1 Å². The van der Waals surface area contributed by atoms with E-state index in [9.17, 15) is 14.7 Å². The van der Waals surface area contributed by atoms with E-state index in [1.807, 2.05) is 30.3 Å². The molecule has 1 amide bonds. The molecule has 34 heavy (non-hydrogen) atoms. The molecule has 0 saturated heterocycles. The molecular weight excluding hydrogens is 426 g/mol. The SMILES string of the molecule is CN(C(=O)OCC1c2ccccc2-c2ccccc21)[C@@H](Cc1ccc2c(c1)CCCC2)C(=O)O. The van der Waals surface area contributed by atoms with E-state index in [0.717, 1.165) is 40.7 Å². The smallest absolute Gasteiger partial charge is 0.410 e. The number of amides is 1. The highest BCUT2D eigenvalue weighted by Crippen LogP contribution is 2.44. The van der Waals surface area contributed by atoms with Gasteiger partial charge >= 0.3 is 12.1 Å². The zero-order valence-electron chi connectivity index (χ0n) is 19.4. The Morgan fingerprint density at radius 2 is 1.56 bits per heavy atom. The minimum Gasteiger partial charge on any atom is -0.480 e. The van der Waals surface area contributed by atoms with Gasteiger partial charge in [0.2, 0.25) is 0 Å². The molecule has 1 N–H and O–H groups in total. The van der Waals surface area contributed by atoms with Gasteiger partial charge in [-0.15, -0.1) is 0 Å². The van der Waals surface area contributed by atoms with Crippen molar-refractivity contribution in [3.05, 3.63) is 94.5 Å². The maximum Gasteiger partial charge on any atom is 0.410 e. The van der Waals surface area contributed by atoms with Gasteiger partial charge in [0.25, 0.3) is 0 Å². The van der Waals surface area contributed by atoms with Crippen LogP contribution in [-0.2, 0) is 28.8 Å². The van der Waals surface area contributed by atoms with Crippen molar-refractivity contribution in [1.29, 1.82) is 0 Å². The van der Waals surface area contributed by atoms with E-state index in [1.165, 1.54) is 35.9 Å². The summed E-state index contributed by atoms with van der Waals surface area (Å²) in [5, 5.41) is 9.88. The molecule has 0 radical (unpaired) electrons. The van der Waals surface area contributed by atoms with Crippen LogP contribution in [0.4, 0.5) is 4.79 Å². The Morgan fingerprint density at radius 1 is 0.941 bits per heavy atom. The first-order chi connectivity index (χ1) is 16.5. The van der Waals surface area contributed by atoms with E-state index in [1.54, 1.807) is 0 Å². The van der Waals surface area contributed by atoms with Crippen LogP contribution in [0.5, 0.6) is 0 Å². The number of hydrogen-bond donors (Lipinski definition) is 1. The molecule has 0 bridgehead atoms. The van der Waals surface area contributed by atoms with Gasteiger partial charge in [-0.1, -0.05) is 66.7 Å². The van der Waals surface area contributed by atoms with Gasteiger partial charge < -0.3 is 9.84 Å². The van der Waals surface area contributed by atoms with Crippen molar-refractivity contribution >= 4 is 12.1 Å². The monoisotopic (exact) mass is 455 g/mol. The summed E-state index contributed by atoms with van der Waals surface area (Å²) in [5.41, 5.74) is 8.16. The Labute approximate surface area is 200 Å². The summed E-state index contributed by atoms with van der Waals surface area (Å²) in [6.45, 7) is 0.169. The fraction of sp³-hybridized carbons (Fsp3) is 0.310. The molecule has 5 nitrogen and oxygen atoms in total. The molecule has 3 aromatic carbocycles. The molecule has 0 spiro atoms. The Kier molecular flexibility index (Phi) is 6.10. The molecule has 1 atom stereocenters. The van der Waals surface area contributed by atoms with E-state index in [4.69, 9.17) is 4.74 Å². The van der Waals surface area contributed by atoms with Gasteiger partial charge in [-0.2, -0.15) is 0 Å². The summed E-state index contributed by atoms with van der Waals surface area (Å²) in [6, 6.07) is 21.5. The fourth-order valence-corrected chi connectivity index (χ4v) is 5.35. The van der Waals surface area contributed by atoms with Gasteiger partial charge in [-0.3, -0.25) is 4.90 Å². The minimum absolute atomic E-state index is 0.0614. The van der Waals surface area contributed by atoms with E-state index in [2.05, 4.69) is 36.4 Å². The van der Waals surface area contributed by atoms with Crippen LogP contribution >= 0.6 is 0 Å². The molecule has 0 aromatic heterocycles. The fourth-order valence-electron chi connectivity index (χ4n) is 5.35. The number of hydrogen-bond acceptors (Lipinski definition) is 3.